The van der Waals surface area contributed by atoms with Crippen molar-refractivity contribution in [3.8, 4) is 0 Å². The number of aromatic amines is 1. The fraction of sp³-hybridized carbons (Fsp3) is 0.688. The van der Waals surface area contributed by atoms with E-state index in [1.807, 2.05) is 0 Å². The highest BCUT2D eigenvalue weighted by molar-refractivity contribution is 5.79. The molecule has 1 aliphatic carbocycles. The Kier molecular flexibility index (Phi) is 4.66. The second-order valence-corrected chi connectivity index (χ2v) is 6.51. The first-order valence-corrected chi connectivity index (χ1v) is 8.32. The predicted molar refractivity (Wildman–Crippen MR) is 84.2 cm³/mol. The number of carboxylic acids is 1. The molecule has 1 saturated heterocycles. The Morgan fingerprint density at radius 1 is 1.30 bits per heavy atom. The maximum Gasteiger partial charge on any atom is 0.322 e. The monoisotopic (exact) mass is 320 g/mol. The van der Waals surface area contributed by atoms with Gasteiger partial charge in [-0.1, -0.05) is 0 Å². The van der Waals surface area contributed by atoms with Gasteiger partial charge in [-0.05, 0) is 38.3 Å². The lowest BCUT2D eigenvalue weighted by atomic mass is 9.94. The van der Waals surface area contributed by atoms with E-state index in [1.54, 1.807) is 16.8 Å². The van der Waals surface area contributed by atoms with Crippen LogP contribution in [0.5, 0.6) is 0 Å². The molecule has 0 spiro atoms. The number of carbonyl (C=O) groups is 2. The van der Waals surface area contributed by atoms with Gasteiger partial charge in [0.2, 0.25) is 5.91 Å². The molecule has 3 rings (SSSR count). The van der Waals surface area contributed by atoms with E-state index < -0.39 is 12.0 Å². The third kappa shape index (κ3) is 3.39. The number of aliphatic carboxylic acids is 1. The summed E-state index contributed by atoms with van der Waals surface area (Å²) in [4.78, 5) is 27.1. The van der Waals surface area contributed by atoms with Crippen LogP contribution in [0.15, 0.2) is 0 Å². The third-order valence-electron chi connectivity index (χ3n) is 5.00. The minimum atomic E-state index is -0.869. The number of fused-ring (bicyclic) bond motifs is 1. The van der Waals surface area contributed by atoms with Gasteiger partial charge in [-0.3, -0.25) is 19.6 Å². The summed E-state index contributed by atoms with van der Waals surface area (Å²) in [5.74, 6) is -0.844. The van der Waals surface area contributed by atoms with Crippen molar-refractivity contribution >= 4 is 11.9 Å². The summed E-state index contributed by atoms with van der Waals surface area (Å²) >= 11 is 0. The summed E-state index contributed by atoms with van der Waals surface area (Å²) in [5, 5.41) is 16.7. The van der Waals surface area contributed by atoms with Gasteiger partial charge in [0.25, 0.3) is 0 Å². The van der Waals surface area contributed by atoms with E-state index in [4.69, 9.17) is 0 Å². The maximum absolute atomic E-state index is 12.4. The first-order valence-electron chi connectivity index (χ1n) is 8.32. The highest BCUT2D eigenvalue weighted by atomic mass is 16.4. The second kappa shape index (κ2) is 6.70. The summed E-state index contributed by atoms with van der Waals surface area (Å²) in [5.41, 5.74) is 3.53. The van der Waals surface area contributed by atoms with E-state index in [2.05, 4.69) is 10.2 Å². The first-order chi connectivity index (χ1) is 11.1. The van der Waals surface area contributed by atoms with Crippen LogP contribution in [-0.4, -0.2) is 69.7 Å². The zero-order valence-corrected chi connectivity index (χ0v) is 13.5. The molecule has 23 heavy (non-hydrogen) atoms. The summed E-state index contributed by atoms with van der Waals surface area (Å²) in [6, 6.07) is -0.606. The third-order valence-corrected chi connectivity index (χ3v) is 5.00. The lowest BCUT2D eigenvalue weighted by Gasteiger charge is -2.37. The Balaban J connectivity index is 1.57. The van der Waals surface area contributed by atoms with E-state index in [0.717, 1.165) is 18.5 Å². The Morgan fingerprint density at radius 2 is 2.09 bits per heavy atom. The Hall–Kier alpha value is -1.89. The van der Waals surface area contributed by atoms with Crippen molar-refractivity contribution in [1.82, 2.24) is 20.0 Å². The number of amides is 1. The summed E-state index contributed by atoms with van der Waals surface area (Å²) in [6.45, 7) is 1.46. The van der Waals surface area contributed by atoms with Gasteiger partial charge in [0.1, 0.15) is 6.04 Å². The molecule has 1 fully saturated rings. The van der Waals surface area contributed by atoms with Gasteiger partial charge in [0, 0.05) is 38.2 Å². The van der Waals surface area contributed by atoms with Gasteiger partial charge in [0.05, 0.1) is 5.69 Å². The minimum absolute atomic E-state index is 0.0249. The molecule has 1 amide bonds. The average molecular weight is 320 g/mol. The summed E-state index contributed by atoms with van der Waals surface area (Å²) in [6.07, 6.45) is 5.51. The highest BCUT2D eigenvalue weighted by Gasteiger charge is 2.32. The number of aromatic nitrogens is 2. The van der Waals surface area contributed by atoms with Crippen molar-refractivity contribution in [2.75, 3.05) is 26.7 Å². The largest absolute Gasteiger partial charge is 0.480 e. The predicted octanol–water partition coefficient (Wildman–Crippen LogP) is 0.448. The van der Waals surface area contributed by atoms with Crippen LogP contribution in [0.4, 0.5) is 0 Å². The average Bonchev–Trinajstić information content (AvgIpc) is 2.96. The van der Waals surface area contributed by atoms with Crippen molar-refractivity contribution in [3.05, 3.63) is 17.0 Å². The van der Waals surface area contributed by atoms with Gasteiger partial charge in [-0.15, -0.1) is 0 Å². The number of aryl methyl sites for hydroxylation is 2. The molecule has 0 bridgehead atoms. The molecule has 1 atom stereocenters. The summed E-state index contributed by atoms with van der Waals surface area (Å²) < 4.78 is 0. The molecule has 0 saturated carbocycles. The van der Waals surface area contributed by atoms with Gasteiger partial charge >= 0.3 is 5.97 Å². The van der Waals surface area contributed by atoms with E-state index in [-0.39, 0.29) is 12.5 Å². The van der Waals surface area contributed by atoms with E-state index in [0.29, 0.717) is 25.9 Å². The molecule has 1 unspecified atom stereocenters. The fourth-order valence-electron chi connectivity index (χ4n) is 3.51. The van der Waals surface area contributed by atoms with Crippen LogP contribution in [0.2, 0.25) is 0 Å². The lowest BCUT2D eigenvalue weighted by Crippen LogP contribution is -2.56. The minimum Gasteiger partial charge on any atom is -0.480 e. The topological polar surface area (TPSA) is 89.5 Å². The van der Waals surface area contributed by atoms with Crippen LogP contribution < -0.4 is 0 Å². The number of nitrogens with one attached hydrogen (secondary N) is 1. The fourth-order valence-corrected chi connectivity index (χ4v) is 3.51. The van der Waals surface area contributed by atoms with Crippen molar-refractivity contribution in [2.24, 2.45) is 0 Å². The second-order valence-electron chi connectivity index (χ2n) is 6.51. The molecule has 0 radical (unpaired) electrons. The molecular weight excluding hydrogens is 296 g/mol. The van der Waals surface area contributed by atoms with Crippen molar-refractivity contribution in [2.45, 2.75) is 44.6 Å². The van der Waals surface area contributed by atoms with Crippen LogP contribution in [0.3, 0.4) is 0 Å². The highest BCUT2D eigenvalue weighted by Crippen LogP contribution is 2.23. The first kappa shape index (κ1) is 16.0. The molecule has 1 aromatic rings. The standard InChI is InChI=1S/C16H24N4O3/c1-19-8-9-20(10-14(19)16(22)23)15(21)7-6-13-11-4-2-3-5-12(11)17-18-13/h14H,2-10H2,1H3,(H,17,18)(H,22,23). The van der Waals surface area contributed by atoms with E-state index >= 15 is 0 Å². The van der Waals surface area contributed by atoms with Gasteiger partial charge in [-0.25, -0.2) is 0 Å². The van der Waals surface area contributed by atoms with Crippen molar-refractivity contribution in [3.63, 3.8) is 0 Å². The number of rotatable bonds is 4. The molecule has 2 N–H and O–H groups in total. The van der Waals surface area contributed by atoms with Gasteiger partial charge < -0.3 is 10.0 Å². The number of carbonyl (C=O) groups excluding carboxylic acids is 1. The molecule has 2 heterocycles. The van der Waals surface area contributed by atoms with Crippen LogP contribution in [-0.2, 0) is 28.9 Å². The Bertz CT molecular complexity index is 598. The van der Waals surface area contributed by atoms with Crippen molar-refractivity contribution in [1.29, 1.82) is 0 Å². The number of H-pyrrole nitrogens is 1. The molecule has 2 aliphatic rings. The Morgan fingerprint density at radius 3 is 2.87 bits per heavy atom. The summed E-state index contributed by atoms with van der Waals surface area (Å²) in [7, 11) is 1.79. The molecular formula is C16H24N4O3. The lowest BCUT2D eigenvalue weighted by molar-refractivity contribution is -0.147. The van der Waals surface area contributed by atoms with Crippen LogP contribution in [0.1, 0.15) is 36.2 Å². The number of hydrogen-bond acceptors (Lipinski definition) is 4. The Labute approximate surface area is 135 Å². The van der Waals surface area contributed by atoms with Crippen LogP contribution in [0, 0.1) is 0 Å². The quantitative estimate of drug-likeness (QED) is 0.841. The molecule has 7 heteroatoms. The van der Waals surface area contributed by atoms with E-state index in [1.165, 1.54) is 24.1 Å². The van der Waals surface area contributed by atoms with Crippen LogP contribution >= 0.6 is 0 Å². The SMILES string of the molecule is CN1CCN(C(=O)CCc2n[nH]c3c2CCCC3)CC1C(=O)O. The molecule has 7 nitrogen and oxygen atoms in total. The van der Waals surface area contributed by atoms with Crippen LogP contribution in [0.25, 0.3) is 0 Å². The number of piperazine rings is 1. The number of likely N-dealkylation sites (N-methyl/N-ethyl adjacent to an activating group) is 1. The number of nitrogens with zero attached hydrogens (tertiary/aromatic N) is 3. The number of carboxylic acid groups (broad SMARTS) is 1. The smallest absolute Gasteiger partial charge is 0.322 e. The maximum atomic E-state index is 12.4. The zero-order valence-electron chi connectivity index (χ0n) is 13.5. The van der Waals surface area contributed by atoms with Gasteiger partial charge in [0.15, 0.2) is 0 Å². The molecule has 126 valence electrons. The molecule has 1 aliphatic heterocycles. The van der Waals surface area contributed by atoms with Gasteiger partial charge in [-0.2, -0.15) is 5.10 Å². The normalized spacial score (nSPS) is 22.0. The van der Waals surface area contributed by atoms with Crippen molar-refractivity contribution < 1.29 is 14.7 Å². The van der Waals surface area contributed by atoms with E-state index in [9.17, 15) is 14.7 Å². The number of hydrogen-bond donors (Lipinski definition) is 2. The molecule has 0 aromatic carbocycles. The zero-order chi connectivity index (χ0) is 16.4. The molecule has 1 aromatic heterocycles.